The molecule has 1 aliphatic heterocycles. The molecule has 0 saturated heterocycles. The predicted molar refractivity (Wildman–Crippen MR) is 119 cm³/mol. The van der Waals surface area contributed by atoms with Gasteiger partial charge in [-0.25, -0.2) is 8.42 Å². The van der Waals surface area contributed by atoms with Gasteiger partial charge in [0, 0.05) is 17.7 Å². The zero-order valence-electron chi connectivity index (χ0n) is 16.3. The van der Waals surface area contributed by atoms with Gasteiger partial charge in [0.2, 0.25) is 9.84 Å². The maximum Gasteiger partial charge on any atom is 0.206 e. The molecule has 0 bridgehead atoms. The minimum atomic E-state index is -3.68. The van der Waals surface area contributed by atoms with Crippen LogP contribution in [0, 0.1) is 0 Å². The highest BCUT2D eigenvalue weighted by Crippen LogP contribution is 2.40. The Morgan fingerprint density at radius 1 is 1.03 bits per heavy atom. The summed E-state index contributed by atoms with van der Waals surface area (Å²) in [6.45, 7) is 0. The largest absolute Gasteiger partial charge is 0.497 e. The van der Waals surface area contributed by atoms with Crippen LogP contribution in [0.4, 0.5) is 0 Å². The quantitative estimate of drug-likeness (QED) is 0.546. The first-order valence-corrected chi connectivity index (χ1v) is 12.2. The van der Waals surface area contributed by atoms with E-state index in [1.165, 1.54) is 0 Å². The third-order valence-corrected chi connectivity index (χ3v) is 7.61. The van der Waals surface area contributed by atoms with E-state index in [9.17, 15) is 8.42 Å². The van der Waals surface area contributed by atoms with E-state index in [4.69, 9.17) is 9.47 Å². The minimum Gasteiger partial charge on any atom is -0.497 e. The molecule has 0 aliphatic carbocycles. The van der Waals surface area contributed by atoms with E-state index in [1.54, 1.807) is 43.1 Å². The van der Waals surface area contributed by atoms with Gasteiger partial charge >= 0.3 is 0 Å². The summed E-state index contributed by atoms with van der Waals surface area (Å²) in [5.41, 5.74) is 0.791. The van der Waals surface area contributed by atoms with Gasteiger partial charge in [-0.1, -0.05) is 36.4 Å². The lowest BCUT2D eigenvalue weighted by atomic mass is 10.1. The number of sulfone groups is 1. The van der Waals surface area contributed by atoms with E-state index in [-0.39, 0.29) is 11.0 Å². The SMILES string of the molecule is COc1ccc(S(=O)(=O)C2=C(c3ccc4ccccc4c3)OC(CSC)C2)cc1. The summed E-state index contributed by atoms with van der Waals surface area (Å²) in [5, 5.41) is 2.16. The fourth-order valence-corrected chi connectivity index (χ4v) is 5.69. The molecule has 150 valence electrons. The van der Waals surface area contributed by atoms with Crippen LogP contribution >= 0.6 is 11.8 Å². The molecule has 1 atom stereocenters. The fraction of sp³-hybridized carbons (Fsp3) is 0.217. The standard InChI is InChI=1S/C23H22O4S2/c1-26-19-9-11-21(12-10-19)29(24,25)22-14-20(15-28-2)27-23(22)18-8-7-16-5-3-4-6-17(16)13-18/h3-13,20H,14-15H2,1-2H3. The van der Waals surface area contributed by atoms with Crippen LogP contribution in [0.5, 0.6) is 5.75 Å². The summed E-state index contributed by atoms with van der Waals surface area (Å²) >= 11 is 1.65. The maximum absolute atomic E-state index is 13.4. The van der Waals surface area contributed by atoms with Crippen molar-refractivity contribution in [2.45, 2.75) is 17.4 Å². The third-order valence-electron chi connectivity index (χ3n) is 5.01. The molecule has 4 rings (SSSR count). The van der Waals surface area contributed by atoms with Crippen LogP contribution in [0.25, 0.3) is 16.5 Å². The van der Waals surface area contributed by atoms with E-state index in [1.807, 2.05) is 48.7 Å². The summed E-state index contributed by atoms with van der Waals surface area (Å²) in [4.78, 5) is 0.594. The zero-order chi connectivity index (χ0) is 20.4. The molecule has 0 radical (unpaired) electrons. The molecule has 1 unspecified atom stereocenters. The van der Waals surface area contributed by atoms with E-state index in [2.05, 4.69) is 0 Å². The van der Waals surface area contributed by atoms with E-state index in [0.29, 0.717) is 22.8 Å². The highest BCUT2D eigenvalue weighted by molar-refractivity contribution is 7.98. The Kier molecular flexibility index (Phi) is 5.56. The number of hydrogen-bond acceptors (Lipinski definition) is 5. The Morgan fingerprint density at radius 3 is 2.45 bits per heavy atom. The summed E-state index contributed by atoms with van der Waals surface area (Å²) in [6, 6.07) is 20.4. The summed E-state index contributed by atoms with van der Waals surface area (Å²) in [6.07, 6.45) is 2.21. The first-order valence-electron chi connectivity index (χ1n) is 9.30. The average molecular weight is 427 g/mol. The van der Waals surface area contributed by atoms with Crippen molar-refractivity contribution >= 4 is 38.1 Å². The predicted octanol–water partition coefficient (Wildman–Crippen LogP) is 5.14. The van der Waals surface area contributed by atoms with Gasteiger partial charge in [0.1, 0.15) is 17.6 Å². The monoisotopic (exact) mass is 426 g/mol. The maximum atomic E-state index is 13.4. The first-order chi connectivity index (χ1) is 14.0. The van der Waals surface area contributed by atoms with Gasteiger partial charge in [-0.3, -0.25) is 0 Å². The lowest BCUT2D eigenvalue weighted by Gasteiger charge is -2.12. The number of benzene rings is 3. The first kappa shape index (κ1) is 19.9. The van der Waals surface area contributed by atoms with Gasteiger partial charge in [0.05, 0.1) is 16.9 Å². The van der Waals surface area contributed by atoms with Crippen LogP contribution in [0.1, 0.15) is 12.0 Å². The molecule has 3 aromatic rings. The fourth-order valence-electron chi connectivity index (χ4n) is 3.54. The minimum absolute atomic E-state index is 0.158. The Bertz CT molecular complexity index is 1160. The van der Waals surface area contributed by atoms with Crippen molar-refractivity contribution in [2.24, 2.45) is 0 Å². The summed E-state index contributed by atoms with van der Waals surface area (Å²) in [7, 11) is -2.12. The van der Waals surface area contributed by atoms with Crippen molar-refractivity contribution in [2.75, 3.05) is 19.1 Å². The molecule has 0 fully saturated rings. The lowest BCUT2D eigenvalue weighted by Crippen LogP contribution is -2.11. The second kappa shape index (κ2) is 8.13. The molecule has 0 saturated carbocycles. The van der Waals surface area contributed by atoms with Crippen LogP contribution in [0.3, 0.4) is 0 Å². The Morgan fingerprint density at radius 2 is 1.76 bits per heavy atom. The number of methoxy groups -OCH3 is 1. The second-order valence-corrected chi connectivity index (χ2v) is 9.77. The molecule has 6 heteroatoms. The van der Waals surface area contributed by atoms with Crippen molar-refractivity contribution in [1.82, 2.24) is 0 Å². The number of rotatable bonds is 6. The van der Waals surface area contributed by atoms with Gasteiger partial charge in [-0.05, 0) is 47.4 Å². The van der Waals surface area contributed by atoms with Crippen molar-refractivity contribution in [3.05, 3.63) is 77.2 Å². The molecule has 4 nitrogen and oxygen atoms in total. The average Bonchev–Trinajstić information content (AvgIpc) is 3.18. The molecule has 0 spiro atoms. The zero-order valence-corrected chi connectivity index (χ0v) is 17.9. The highest BCUT2D eigenvalue weighted by atomic mass is 32.2. The molecule has 0 aromatic heterocycles. The van der Waals surface area contributed by atoms with Gasteiger partial charge < -0.3 is 9.47 Å². The number of ether oxygens (including phenoxy) is 2. The molecule has 3 aromatic carbocycles. The Balaban J connectivity index is 1.82. The molecular weight excluding hydrogens is 404 g/mol. The molecule has 1 heterocycles. The Labute approximate surface area is 175 Å². The van der Waals surface area contributed by atoms with Crippen molar-refractivity contribution < 1.29 is 17.9 Å². The van der Waals surface area contributed by atoms with Crippen LogP contribution in [0.2, 0.25) is 0 Å². The van der Waals surface area contributed by atoms with Crippen LogP contribution in [-0.4, -0.2) is 33.6 Å². The second-order valence-electron chi connectivity index (χ2n) is 6.89. The summed E-state index contributed by atoms with van der Waals surface area (Å²) in [5.74, 6) is 1.82. The lowest BCUT2D eigenvalue weighted by molar-refractivity contribution is 0.215. The molecule has 29 heavy (non-hydrogen) atoms. The smallest absolute Gasteiger partial charge is 0.206 e. The highest BCUT2D eigenvalue weighted by Gasteiger charge is 2.35. The number of fused-ring (bicyclic) bond motifs is 1. The van der Waals surface area contributed by atoms with Crippen LogP contribution in [0.15, 0.2) is 76.5 Å². The van der Waals surface area contributed by atoms with Crippen molar-refractivity contribution in [3.63, 3.8) is 0 Å². The number of hydrogen-bond donors (Lipinski definition) is 0. The van der Waals surface area contributed by atoms with Gasteiger partial charge in [-0.15, -0.1) is 0 Å². The number of thioether (sulfide) groups is 1. The van der Waals surface area contributed by atoms with Crippen LogP contribution in [-0.2, 0) is 14.6 Å². The van der Waals surface area contributed by atoms with Gasteiger partial charge in [0.15, 0.2) is 0 Å². The van der Waals surface area contributed by atoms with Crippen molar-refractivity contribution in [3.8, 4) is 5.75 Å². The molecule has 0 amide bonds. The molecule has 1 aliphatic rings. The van der Waals surface area contributed by atoms with Crippen molar-refractivity contribution in [1.29, 1.82) is 0 Å². The van der Waals surface area contributed by atoms with E-state index < -0.39 is 9.84 Å². The normalized spacial score (nSPS) is 16.8. The molecule has 0 N–H and O–H groups in total. The van der Waals surface area contributed by atoms with Gasteiger partial charge in [0.25, 0.3) is 0 Å². The van der Waals surface area contributed by atoms with E-state index in [0.717, 1.165) is 22.1 Å². The van der Waals surface area contributed by atoms with E-state index >= 15 is 0 Å². The third kappa shape index (κ3) is 3.87. The Hall–Kier alpha value is -2.44. The summed E-state index contributed by atoms with van der Waals surface area (Å²) < 4.78 is 38.2. The van der Waals surface area contributed by atoms with Crippen LogP contribution < -0.4 is 4.74 Å². The topological polar surface area (TPSA) is 52.6 Å². The van der Waals surface area contributed by atoms with Gasteiger partial charge in [-0.2, -0.15) is 11.8 Å². The molecular formula is C23H22O4S2.